The molecule has 12 unspecified atom stereocenters. The molecule has 14 heteroatoms. The summed E-state index contributed by atoms with van der Waals surface area (Å²) in [5.74, 6) is -0.260. The molecule has 14 nitrogen and oxygen atoms in total. The Morgan fingerprint density at radius 3 is 1.53 bits per heavy atom. The van der Waals surface area contributed by atoms with Gasteiger partial charge in [0, 0.05) is 6.42 Å². The topological polar surface area (TPSA) is 228 Å². The molecule has 0 aromatic rings. The summed E-state index contributed by atoms with van der Waals surface area (Å²) in [6.45, 7) is 2.40. The number of allylic oxidation sites excluding steroid dienone is 13. The van der Waals surface area contributed by atoms with Gasteiger partial charge in [-0.05, 0) is 77.6 Å². The van der Waals surface area contributed by atoms with Crippen LogP contribution in [0.1, 0.15) is 181 Å². The zero-order valence-electron chi connectivity index (χ0n) is 44.1. The van der Waals surface area contributed by atoms with Crippen LogP contribution in [0.2, 0.25) is 0 Å². The minimum absolute atomic E-state index is 0.260. The molecule has 414 valence electrons. The van der Waals surface area contributed by atoms with Crippen molar-refractivity contribution in [2.45, 2.75) is 254 Å². The van der Waals surface area contributed by atoms with E-state index in [0.29, 0.717) is 12.8 Å². The largest absolute Gasteiger partial charge is 0.394 e. The smallest absolute Gasteiger partial charge is 0.220 e. The Labute approximate surface area is 433 Å². The Kier molecular flexibility index (Phi) is 39.4. The Morgan fingerprint density at radius 2 is 0.986 bits per heavy atom. The zero-order chi connectivity index (χ0) is 52.4. The fourth-order valence-corrected chi connectivity index (χ4v) is 8.67. The van der Waals surface area contributed by atoms with E-state index in [1.54, 1.807) is 6.08 Å². The standard InChI is InChI=1S/C58H99NO13/c1-3-5-7-9-11-13-14-15-16-17-18-19-20-21-22-23-24-25-26-27-28-29-30-31-32-34-36-38-40-42-50(63)59-46(47(62)41-39-37-35-33-12-10-8-6-4-2)45-69-57-55(68)53(66)56(49(44-61)71-57)72-58-54(67)52(65)51(64)48(43-60)70-58/h4-7,11-13,15-16,18-19,33,39,41,46-49,51-58,60-62,64-68H,3,8-10,14,17,20-32,34-38,40,42-45H2,1-2H3,(H,59,63)/b6-4+,7-5-,13-11-,16-15-,19-18-,33-12+,41-39+. The van der Waals surface area contributed by atoms with Crippen LogP contribution in [0.5, 0.6) is 0 Å². The molecule has 2 rings (SSSR count). The van der Waals surface area contributed by atoms with Crippen LogP contribution < -0.4 is 5.32 Å². The van der Waals surface area contributed by atoms with Crippen molar-refractivity contribution in [3.8, 4) is 0 Å². The summed E-state index contributed by atoms with van der Waals surface area (Å²) in [6, 6.07) is -0.939. The van der Waals surface area contributed by atoms with Crippen molar-refractivity contribution in [2.75, 3.05) is 19.8 Å². The lowest BCUT2D eigenvalue weighted by atomic mass is 9.97. The van der Waals surface area contributed by atoms with Crippen molar-refractivity contribution in [3.63, 3.8) is 0 Å². The summed E-state index contributed by atoms with van der Waals surface area (Å²) in [5, 5.41) is 86.6. The third-order valence-corrected chi connectivity index (χ3v) is 13.1. The van der Waals surface area contributed by atoms with E-state index in [1.807, 2.05) is 19.1 Å². The van der Waals surface area contributed by atoms with Crippen LogP contribution in [-0.2, 0) is 23.7 Å². The van der Waals surface area contributed by atoms with Crippen LogP contribution in [0, 0.1) is 0 Å². The lowest BCUT2D eigenvalue weighted by Gasteiger charge is -2.46. The lowest BCUT2D eigenvalue weighted by Crippen LogP contribution is -2.65. The van der Waals surface area contributed by atoms with Crippen LogP contribution in [0.15, 0.2) is 85.1 Å². The number of carbonyl (C=O) groups is 1. The predicted molar refractivity (Wildman–Crippen MR) is 286 cm³/mol. The van der Waals surface area contributed by atoms with Gasteiger partial charge in [-0.15, -0.1) is 0 Å². The molecule has 12 atom stereocenters. The van der Waals surface area contributed by atoms with E-state index < -0.39 is 86.8 Å². The lowest BCUT2D eigenvalue weighted by molar-refractivity contribution is -0.359. The van der Waals surface area contributed by atoms with Crippen molar-refractivity contribution in [1.82, 2.24) is 5.32 Å². The Bertz CT molecular complexity index is 1530. The van der Waals surface area contributed by atoms with E-state index in [0.717, 1.165) is 64.2 Å². The maximum absolute atomic E-state index is 13.2. The quantitative estimate of drug-likeness (QED) is 0.0207. The van der Waals surface area contributed by atoms with Gasteiger partial charge in [0.15, 0.2) is 12.6 Å². The average molecular weight is 1020 g/mol. The van der Waals surface area contributed by atoms with Crippen LogP contribution in [0.4, 0.5) is 0 Å². The Balaban J connectivity index is 1.66. The summed E-state index contributed by atoms with van der Waals surface area (Å²) in [7, 11) is 0. The molecule has 2 aliphatic heterocycles. The summed E-state index contributed by atoms with van der Waals surface area (Å²) in [6.07, 6.45) is 41.0. The molecule has 2 heterocycles. The van der Waals surface area contributed by atoms with Crippen LogP contribution >= 0.6 is 0 Å². The van der Waals surface area contributed by atoms with Crippen molar-refractivity contribution in [2.24, 2.45) is 0 Å². The minimum Gasteiger partial charge on any atom is -0.394 e. The third-order valence-electron chi connectivity index (χ3n) is 13.1. The predicted octanol–water partition coefficient (Wildman–Crippen LogP) is 8.55. The van der Waals surface area contributed by atoms with E-state index in [-0.39, 0.29) is 18.9 Å². The monoisotopic (exact) mass is 1020 g/mol. The van der Waals surface area contributed by atoms with Gasteiger partial charge >= 0.3 is 0 Å². The van der Waals surface area contributed by atoms with Gasteiger partial charge < -0.3 is 65.1 Å². The van der Waals surface area contributed by atoms with E-state index in [9.17, 15) is 45.6 Å². The molecule has 72 heavy (non-hydrogen) atoms. The highest BCUT2D eigenvalue weighted by Crippen LogP contribution is 2.30. The van der Waals surface area contributed by atoms with Gasteiger partial charge in [-0.25, -0.2) is 0 Å². The first-order valence-electron chi connectivity index (χ1n) is 27.8. The molecule has 1 amide bonds. The summed E-state index contributed by atoms with van der Waals surface area (Å²) < 4.78 is 22.6. The number of amides is 1. The molecule has 0 aromatic carbocycles. The van der Waals surface area contributed by atoms with Crippen LogP contribution in [0.3, 0.4) is 0 Å². The first-order chi connectivity index (χ1) is 35.1. The second-order valence-corrected chi connectivity index (χ2v) is 19.3. The van der Waals surface area contributed by atoms with Gasteiger partial charge in [-0.1, -0.05) is 182 Å². The highest BCUT2D eigenvalue weighted by Gasteiger charge is 2.51. The molecule has 0 saturated carbocycles. The molecule has 0 radical (unpaired) electrons. The van der Waals surface area contributed by atoms with Crippen LogP contribution in [0.25, 0.3) is 0 Å². The number of hydrogen-bond acceptors (Lipinski definition) is 13. The first kappa shape index (κ1) is 65.3. The maximum Gasteiger partial charge on any atom is 0.220 e. The van der Waals surface area contributed by atoms with Gasteiger partial charge in [0.2, 0.25) is 5.91 Å². The number of hydrogen-bond donors (Lipinski definition) is 9. The molecule has 9 N–H and O–H groups in total. The number of aliphatic hydroxyl groups is 8. The molecule has 2 saturated heterocycles. The van der Waals surface area contributed by atoms with Crippen molar-refractivity contribution in [3.05, 3.63) is 85.1 Å². The van der Waals surface area contributed by atoms with E-state index in [1.165, 1.54) is 83.5 Å². The zero-order valence-corrected chi connectivity index (χ0v) is 44.1. The molecule has 0 spiro atoms. The Morgan fingerprint density at radius 1 is 0.528 bits per heavy atom. The van der Waals surface area contributed by atoms with Gasteiger partial charge in [0.25, 0.3) is 0 Å². The summed E-state index contributed by atoms with van der Waals surface area (Å²) >= 11 is 0. The van der Waals surface area contributed by atoms with Crippen molar-refractivity contribution >= 4 is 5.91 Å². The molecule has 2 fully saturated rings. The summed E-state index contributed by atoms with van der Waals surface area (Å²) in [4.78, 5) is 13.2. The SMILES string of the molecule is C/C=C/CC/C=C/CC/C=C/C(O)C(COC1OC(CO)C(OC2OC(CO)C(O)C(O)C2O)C(O)C1O)NC(=O)CCCCCCCCCCCCCCCCCC/C=C\C/C=C\C/C=C\C/C=C\CC. The second-order valence-electron chi connectivity index (χ2n) is 19.3. The second kappa shape index (κ2) is 43.4. The average Bonchev–Trinajstić information content (AvgIpc) is 3.38. The van der Waals surface area contributed by atoms with E-state index in [2.05, 4.69) is 79.1 Å². The number of rotatable bonds is 42. The van der Waals surface area contributed by atoms with Crippen molar-refractivity contribution in [1.29, 1.82) is 0 Å². The number of aliphatic hydroxyl groups excluding tert-OH is 8. The van der Waals surface area contributed by atoms with Gasteiger partial charge in [-0.2, -0.15) is 0 Å². The van der Waals surface area contributed by atoms with E-state index in [4.69, 9.17) is 18.9 Å². The molecule has 2 aliphatic rings. The number of unbranched alkanes of at least 4 members (excludes halogenated alkanes) is 18. The highest BCUT2D eigenvalue weighted by molar-refractivity contribution is 5.76. The molecule has 0 bridgehead atoms. The van der Waals surface area contributed by atoms with Gasteiger partial charge in [-0.3, -0.25) is 4.79 Å². The normalized spacial score (nSPS) is 26.2. The molecular formula is C58H99NO13. The fraction of sp³-hybridized carbons (Fsp3) is 0.741. The van der Waals surface area contributed by atoms with E-state index >= 15 is 0 Å². The number of carbonyl (C=O) groups excluding carboxylic acids is 1. The summed E-state index contributed by atoms with van der Waals surface area (Å²) in [5.41, 5.74) is 0. The Hall–Kier alpha value is -2.83. The fourth-order valence-electron chi connectivity index (χ4n) is 8.67. The van der Waals surface area contributed by atoms with Gasteiger partial charge in [0.05, 0.1) is 32.0 Å². The third kappa shape index (κ3) is 29.3. The number of ether oxygens (including phenoxy) is 4. The minimum atomic E-state index is -1.79. The number of nitrogens with one attached hydrogen (secondary N) is 1. The maximum atomic E-state index is 13.2. The van der Waals surface area contributed by atoms with Crippen molar-refractivity contribution < 1.29 is 64.6 Å². The van der Waals surface area contributed by atoms with Crippen LogP contribution in [-0.4, -0.2) is 140 Å². The first-order valence-corrected chi connectivity index (χ1v) is 27.8. The highest BCUT2D eigenvalue weighted by atomic mass is 16.7. The van der Waals surface area contributed by atoms with Gasteiger partial charge in [0.1, 0.15) is 48.8 Å². The molecule has 0 aliphatic carbocycles. The molecular weight excluding hydrogens is 919 g/mol. The molecule has 0 aromatic heterocycles.